The van der Waals surface area contributed by atoms with Gasteiger partial charge in [0.05, 0.1) is 19.0 Å². The third kappa shape index (κ3) is 4.10. The second-order valence-corrected chi connectivity index (χ2v) is 7.62. The molecule has 1 aromatic carbocycles. The largest absolute Gasteiger partial charge is 0.349 e. The van der Waals surface area contributed by atoms with Gasteiger partial charge in [0.15, 0.2) is 0 Å². The molecule has 0 N–H and O–H groups in total. The van der Waals surface area contributed by atoms with E-state index in [4.69, 9.17) is 9.05 Å². The highest BCUT2D eigenvalue weighted by atomic mass is 32.2. The highest BCUT2D eigenvalue weighted by molar-refractivity contribution is 8.00. The van der Waals surface area contributed by atoms with Gasteiger partial charge in [0.25, 0.3) is 0 Å². The average Bonchev–Trinajstić information content (AvgIpc) is 2.81. The first-order valence-electron chi connectivity index (χ1n) is 6.93. The Bertz CT molecular complexity index is 515. The molecule has 2 rings (SSSR count). The highest BCUT2D eigenvalue weighted by Crippen LogP contribution is 2.52. The number of carbonyl (C=O) groups is 1. The second-order valence-electron chi connectivity index (χ2n) is 4.53. The van der Waals surface area contributed by atoms with Crippen molar-refractivity contribution in [1.29, 1.82) is 0 Å². The third-order valence-corrected chi connectivity index (χ3v) is 6.24. The molecule has 21 heavy (non-hydrogen) atoms. The molecule has 5 nitrogen and oxygen atoms in total. The Hall–Kier alpha value is -0.810. The lowest BCUT2D eigenvalue weighted by Crippen LogP contribution is -2.30. The Morgan fingerprint density at radius 3 is 2.43 bits per heavy atom. The van der Waals surface area contributed by atoms with E-state index >= 15 is 0 Å². The number of hydrogen-bond donors (Lipinski definition) is 0. The van der Waals surface area contributed by atoms with E-state index in [0.29, 0.717) is 19.0 Å². The Morgan fingerprint density at radius 1 is 1.24 bits per heavy atom. The first kappa shape index (κ1) is 16.6. The van der Waals surface area contributed by atoms with Gasteiger partial charge in [0, 0.05) is 0 Å². The van der Waals surface area contributed by atoms with Crippen LogP contribution in [0.3, 0.4) is 0 Å². The van der Waals surface area contributed by atoms with Crippen molar-refractivity contribution in [3.05, 3.63) is 35.9 Å². The zero-order valence-electron chi connectivity index (χ0n) is 12.2. The van der Waals surface area contributed by atoms with E-state index in [1.807, 2.05) is 30.3 Å². The summed E-state index contributed by atoms with van der Waals surface area (Å²) in [5.41, 5.74) is 1.02. The fourth-order valence-electron chi connectivity index (χ4n) is 2.20. The first-order valence-corrected chi connectivity index (χ1v) is 9.71. The Balaban J connectivity index is 2.19. The summed E-state index contributed by atoms with van der Waals surface area (Å²) in [6.45, 7) is 4.12. The molecule has 1 unspecified atom stereocenters. The second kappa shape index (κ2) is 7.45. The first-order chi connectivity index (χ1) is 10.1. The van der Waals surface area contributed by atoms with E-state index in [0.717, 1.165) is 5.56 Å². The fourth-order valence-corrected chi connectivity index (χ4v) is 5.22. The molecule has 0 bridgehead atoms. The van der Waals surface area contributed by atoms with Crippen LogP contribution in [0.25, 0.3) is 0 Å². The number of carbonyl (C=O) groups excluding carboxylic acids is 1. The van der Waals surface area contributed by atoms with Crippen LogP contribution in [-0.4, -0.2) is 36.1 Å². The average molecular weight is 329 g/mol. The van der Waals surface area contributed by atoms with Crippen LogP contribution in [-0.2, 0) is 18.4 Å². The number of nitrogens with zero attached hydrogens (tertiary/aromatic N) is 1. The summed E-state index contributed by atoms with van der Waals surface area (Å²) >= 11 is 1.53. The van der Waals surface area contributed by atoms with E-state index < -0.39 is 7.60 Å². The number of rotatable bonds is 7. The summed E-state index contributed by atoms with van der Waals surface area (Å²) in [4.78, 5) is 13.7. The van der Waals surface area contributed by atoms with Gasteiger partial charge >= 0.3 is 7.60 Å². The van der Waals surface area contributed by atoms with Gasteiger partial charge in [-0.25, -0.2) is 0 Å². The van der Waals surface area contributed by atoms with Gasteiger partial charge in [-0.15, -0.1) is 11.8 Å². The minimum atomic E-state index is -3.27. The molecule has 116 valence electrons. The molecular weight excluding hydrogens is 309 g/mol. The van der Waals surface area contributed by atoms with Crippen molar-refractivity contribution < 1.29 is 18.4 Å². The van der Waals surface area contributed by atoms with Crippen molar-refractivity contribution in [2.45, 2.75) is 19.2 Å². The van der Waals surface area contributed by atoms with Crippen molar-refractivity contribution in [3.8, 4) is 0 Å². The molecule has 1 aliphatic rings. The Kier molecular flexibility index (Phi) is 5.88. The standard InChI is InChI=1S/C14H20NO4PS/c1-3-18-20(17,19-4-2)11-15-13(16)10-21-14(15)12-8-6-5-7-9-12/h5-9,14H,3-4,10-11H2,1-2H3. The molecular formula is C14H20NO4PS. The molecule has 1 heterocycles. The van der Waals surface area contributed by atoms with Crippen molar-refractivity contribution >= 4 is 25.3 Å². The predicted molar refractivity (Wildman–Crippen MR) is 84.2 cm³/mol. The summed E-state index contributed by atoms with van der Waals surface area (Å²) < 4.78 is 23.2. The normalized spacial score (nSPS) is 19.2. The van der Waals surface area contributed by atoms with Crippen LogP contribution >= 0.6 is 19.4 Å². The van der Waals surface area contributed by atoms with Gasteiger partial charge in [0.1, 0.15) is 11.7 Å². The lowest BCUT2D eigenvalue weighted by Gasteiger charge is -2.27. The number of amides is 1. The molecule has 0 aromatic heterocycles. The molecule has 0 aliphatic carbocycles. The van der Waals surface area contributed by atoms with Gasteiger partial charge in [0.2, 0.25) is 5.91 Å². The van der Waals surface area contributed by atoms with Gasteiger partial charge in [-0.1, -0.05) is 30.3 Å². The maximum Gasteiger partial charge on any atom is 0.349 e. The van der Waals surface area contributed by atoms with Crippen LogP contribution in [0.5, 0.6) is 0 Å². The molecule has 0 spiro atoms. The zero-order valence-corrected chi connectivity index (χ0v) is 13.9. The Morgan fingerprint density at radius 2 is 1.86 bits per heavy atom. The van der Waals surface area contributed by atoms with Crippen LogP contribution in [0.1, 0.15) is 24.8 Å². The lowest BCUT2D eigenvalue weighted by molar-refractivity contribution is -0.127. The fraction of sp³-hybridized carbons (Fsp3) is 0.500. The van der Waals surface area contributed by atoms with Gasteiger partial charge < -0.3 is 13.9 Å². The molecule has 1 aliphatic heterocycles. The maximum atomic E-state index is 12.6. The summed E-state index contributed by atoms with van der Waals surface area (Å²) in [5, 5.41) is -0.132. The molecule has 1 amide bonds. The molecule has 0 radical (unpaired) electrons. The zero-order chi connectivity index (χ0) is 15.3. The van der Waals surface area contributed by atoms with E-state index in [9.17, 15) is 9.36 Å². The summed E-state index contributed by atoms with van der Waals surface area (Å²) in [7, 11) is -3.27. The number of hydrogen-bond acceptors (Lipinski definition) is 5. The molecule has 7 heteroatoms. The lowest BCUT2D eigenvalue weighted by atomic mass is 10.2. The molecule has 1 aromatic rings. The predicted octanol–water partition coefficient (Wildman–Crippen LogP) is 3.48. The quantitative estimate of drug-likeness (QED) is 0.717. The topological polar surface area (TPSA) is 55.8 Å². The van der Waals surface area contributed by atoms with Crippen LogP contribution in [0.4, 0.5) is 0 Å². The van der Waals surface area contributed by atoms with Crippen molar-refractivity contribution in [2.75, 3.05) is 25.3 Å². The molecule has 1 atom stereocenters. The SMILES string of the molecule is CCOP(=O)(CN1C(=O)CSC1c1ccccc1)OCC. The van der Waals surface area contributed by atoms with Gasteiger partial charge in [-0.2, -0.15) is 0 Å². The van der Waals surface area contributed by atoms with Gasteiger partial charge in [-0.3, -0.25) is 9.36 Å². The van der Waals surface area contributed by atoms with Crippen molar-refractivity contribution in [3.63, 3.8) is 0 Å². The minimum absolute atomic E-state index is 0.0000737. The van der Waals surface area contributed by atoms with Crippen molar-refractivity contribution in [2.24, 2.45) is 0 Å². The molecule has 1 saturated heterocycles. The highest BCUT2D eigenvalue weighted by Gasteiger charge is 2.38. The third-order valence-electron chi connectivity index (χ3n) is 3.03. The van der Waals surface area contributed by atoms with Crippen LogP contribution in [0, 0.1) is 0 Å². The summed E-state index contributed by atoms with van der Waals surface area (Å²) in [6, 6.07) is 9.73. The van der Waals surface area contributed by atoms with Gasteiger partial charge in [-0.05, 0) is 19.4 Å². The van der Waals surface area contributed by atoms with Crippen LogP contribution in [0.2, 0.25) is 0 Å². The molecule has 0 saturated carbocycles. The van der Waals surface area contributed by atoms with Crippen LogP contribution in [0.15, 0.2) is 30.3 Å². The maximum absolute atomic E-state index is 12.6. The number of benzene rings is 1. The molecule has 1 fully saturated rings. The van der Waals surface area contributed by atoms with E-state index in [1.54, 1.807) is 18.7 Å². The van der Waals surface area contributed by atoms with Crippen molar-refractivity contribution in [1.82, 2.24) is 4.90 Å². The van der Waals surface area contributed by atoms with E-state index in [-0.39, 0.29) is 17.6 Å². The summed E-state index contributed by atoms with van der Waals surface area (Å²) in [5.74, 6) is 0.353. The summed E-state index contributed by atoms with van der Waals surface area (Å²) in [6.07, 6.45) is 0.0000737. The number of thioether (sulfide) groups is 1. The minimum Gasteiger partial charge on any atom is -0.314 e. The monoisotopic (exact) mass is 329 g/mol. The van der Waals surface area contributed by atoms with E-state index in [2.05, 4.69) is 0 Å². The van der Waals surface area contributed by atoms with Crippen LogP contribution < -0.4 is 0 Å². The smallest absolute Gasteiger partial charge is 0.314 e. The Labute approximate surface area is 129 Å². The van der Waals surface area contributed by atoms with E-state index in [1.165, 1.54) is 11.8 Å².